The van der Waals surface area contributed by atoms with E-state index in [0.717, 1.165) is 18.8 Å². The van der Waals surface area contributed by atoms with Crippen LogP contribution in [0.4, 0.5) is 0 Å². The molecule has 19 heavy (non-hydrogen) atoms. The van der Waals surface area contributed by atoms with Crippen LogP contribution in [0, 0.1) is 40.9 Å². The first-order valence-corrected chi connectivity index (χ1v) is 7.21. The first-order valence-electron chi connectivity index (χ1n) is 7.21. The molecule has 5 heteroatoms. The van der Waals surface area contributed by atoms with Crippen molar-refractivity contribution in [3.63, 3.8) is 0 Å². The Bertz CT molecular complexity index is 522. The Morgan fingerprint density at radius 3 is 3.00 bits per heavy atom. The molecular formula is C14H18N4O. The lowest BCUT2D eigenvalue weighted by Gasteiger charge is -2.44. The van der Waals surface area contributed by atoms with Crippen LogP contribution in [-0.4, -0.2) is 17.4 Å². The van der Waals surface area contributed by atoms with E-state index in [4.69, 9.17) is 5.73 Å². The summed E-state index contributed by atoms with van der Waals surface area (Å²) in [7, 11) is 0. The van der Waals surface area contributed by atoms with Gasteiger partial charge >= 0.3 is 0 Å². The third-order valence-corrected chi connectivity index (χ3v) is 6.01. The number of nitriles is 1. The van der Waals surface area contributed by atoms with E-state index < -0.39 is 11.5 Å². The lowest BCUT2D eigenvalue weighted by molar-refractivity contribution is -0.125. The lowest BCUT2D eigenvalue weighted by atomic mass is 9.65. The molecule has 100 valence electrons. The maximum Gasteiger partial charge on any atom is 0.246 e. The zero-order valence-electron chi connectivity index (χ0n) is 10.8. The van der Waals surface area contributed by atoms with Gasteiger partial charge in [-0.05, 0) is 49.4 Å². The number of hydrogen-bond donors (Lipinski definition) is 2. The molecule has 6 atom stereocenters. The molecule has 0 radical (unpaired) electrons. The average molecular weight is 258 g/mol. The number of amides is 1. The summed E-state index contributed by atoms with van der Waals surface area (Å²) >= 11 is 0. The van der Waals surface area contributed by atoms with E-state index in [1.54, 1.807) is 0 Å². The molecule has 3 saturated carbocycles. The fraction of sp³-hybridized carbons (Fsp3) is 0.786. The van der Waals surface area contributed by atoms with E-state index in [9.17, 15) is 10.1 Å². The largest absolute Gasteiger partial charge is 0.370 e. The third kappa shape index (κ3) is 1.24. The highest BCUT2D eigenvalue weighted by Crippen LogP contribution is 2.65. The molecule has 3 aliphatic carbocycles. The van der Waals surface area contributed by atoms with Crippen LogP contribution in [-0.2, 0) is 4.79 Å². The van der Waals surface area contributed by atoms with E-state index in [1.807, 2.05) is 0 Å². The maximum atomic E-state index is 12.1. The molecule has 1 amide bonds. The van der Waals surface area contributed by atoms with Crippen molar-refractivity contribution in [1.82, 2.24) is 5.32 Å². The highest BCUT2D eigenvalue weighted by atomic mass is 16.2. The normalized spacial score (nSPS) is 50.8. The lowest BCUT2D eigenvalue weighted by Crippen LogP contribution is -2.58. The maximum absolute atomic E-state index is 12.1. The Hall–Kier alpha value is -1.57. The predicted octanol–water partition coefficient (Wildman–Crippen LogP) is 0.766. The SMILES string of the molecule is N#CC1C(=O)NC(N)=NC12CC1CC2C2CCCC12. The zero-order valence-corrected chi connectivity index (χ0v) is 10.8. The monoisotopic (exact) mass is 258 g/mol. The van der Waals surface area contributed by atoms with Gasteiger partial charge in [0.05, 0.1) is 11.6 Å². The van der Waals surface area contributed by atoms with Crippen LogP contribution >= 0.6 is 0 Å². The van der Waals surface area contributed by atoms with Crippen molar-refractivity contribution < 1.29 is 4.79 Å². The van der Waals surface area contributed by atoms with Gasteiger partial charge in [-0.3, -0.25) is 10.1 Å². The minimum Gasteiger partial charge on any atom is -0.370 e. The van der Waals surface area contributed by atoms with Crippen LogP contribution in [0.3, 0.4) is 0 Å². The number of fused-ring (bicyclic) bond motifs is 6. The average Bonchev–Trinajstić information content (AvgIpc) is 2.98. The number of rotatable bonds is 0. The molecular weight excluding hydrogens is 240 g/mol. The van der Waals surface area contributed by atoms with Crippen molar-refractivity contribution >= 4 is 11.9 Å². The number of hydrogen-bond acceptors (Lipinski definition) is 4. The minimum absolute atomic E-state index is 0.207. The molecule has 5 nitrogen and oxygen atoms in total. The standard InChI is InChI=1S/C14H18N4O/c15-6-11-12(19)17-13(16)18-14(11)5-7-4-10(14)9-3-1-2-8(7)9/h7-11H,1-5H2,(H3,16,17,18,19). The van der Waals surface area contributed by atoms with Gasteiger partial charge in [-0.2, -0.15) is 5.26 Å². The molecule has 3 fully saturated rings. The van der Waals surface area contributed by atoms with Gasteiger partial charge in [-0.25, -0.2) is 4.99 Å². The molecule has 6 unspecified atom stereocenters. The summed E-state index contributed by atoms with van der Waals surface area (Å²) in [4.78, 5) is 16.7. The molecule has 1 aliphatic heterocycles. The Morgan fingerprint density at radius 2 is 2.21 bits per heavy atom. The summed E-state index contributed by atoms with van der Waals surface area (Å²) in [5.41, 5.74) is 5.26. The third-order valence-electron chi connectivity index (χ3n) is 6.01. The summed E-state index contributed by atoms with van der Waals surface area (Å²) in [5, 5.41) is 11.9. The summed E-state index contributed by atoms with van der Waals surface area (Å²) in [6.45, 7) is 0. The topological polar surface area (TPSA) is 91.3 Å². The first kappa shape index (κ1) is 11.3. The number of carbonyl (C=O) groups is 1. The van der Waals surface area contributed by atoms with Gasteiger partial charge in [0.2, 0.25) is 5.91 Å². The van der Waals surface area contributed by atoms with Crippen molar-refractivity contribution in [1.29, 1.82) is 5.26 Å². The summed E-state index contributed by atoms with van der Waals surface area (Å²) < 4.78 is 0. The van der Waals surface area contributed by atoms with Gasteiger partial charge in [0.1, 0.15) is 0 Å². The second-order valence-corrected chi connectivity index (χ2v) is 6.60. The molecule has 0 aromatic heterocycles. The van der Waals surface area contributed by atoms with Crippen molar-refractivity contribution in [2.75, 3.05) is 0 Å². The van der Waals surface area contributed by atoms with Gasteiger partial charge in [-0.1, -0.05) is 6.42 Å². The second kappa shape index (κ2) is 3.50. The number of nitrogens with one attached hydrogen (secondary N) is 1. The number of guanidine groups is 1. The molecule has 2 bridgehead atoms. The molecule has 4 aliphatic rings. The Morgan fingerprint density at radius 1 is 1.42 bits per heavy atom. The number of carbonyl (C=O) groups excluding carboxylic acids is 1. The minimum atomic E-state index is -0.656. The van der Waals surface area contributed by atoms with Crippen molar-refractivity contribution in [2.45, 2.75) is 37.6 Å². The molecule has 1 spiro atoms. The van der Waals surface area contributed by atoms with Crippen molar-refractivity contribution in [3.05, 3.63) is 0 Å². The van der Waals surface area contributed by atoms with Crippen molar-refractivity contribution in [3.8, 4) is 6.07 Å². The van der Waals surface area contributed by atoms with Gasteiger partial charge in [0.25, 0.3) is 0 Å². The summed E-state index contributed by atoms with van der Waals surface area (Å²) in [6, 6.07) is 2.20. The van der Waals surface area contributed by atoms with Crippen LogP contribution in [0.15, 0.2) is 4.99 Å². The highest BCUT2D eigenvalue weighted by molar-refractivity contribution is 6.01. The van der Waals surface area contributed by atoms with Gasteiger partial charge < -0.3 is 5.73 Å². The van der Waals surface area contributed by atoms with E-state index in [-0.39, 0.29) is 11.9 Å². The molecule has 0 aromatic carbocycles. The van der Waals surface area contributed by atoms with E-state index >= 15 is 0 Å². The number of nitrogens with zero attached hydrogens (tertiary/aromatic N) is 2. The van der Waals surface area contributed by atoms with E-state index in [2.05, 4.69) is 16.4 Å². The van der Waals surface area contributed by atoms with Gasteiger partial charge in [0, 0.05) is 0 Å². The first-order chi connectivity index (χ1) is 9.15. The Kier molecular flexibility index (Phi) is 2.08. The van der Waals surface area contributed by atoms with Gasteiger partial charge in [-0.15, -0.1) is 0 Å². The van der Waals surface area contributed by atoms with Crippen LogP contribution in [0.1, 0.15) is 32.1 Å². The quantitative estimate of drug-likeness (QED) is 0.672. The number of nitrogens with two attached hydrogens (primary N) is 1. The highest BCUT2D eigenvalue weighted by Gasteiger charge is 2.66. The number of aliphatic imine (C=N–C) groups is 1. The zero-order chi connectivity index (χ0) is 13.2. The fourth-order valence-electron chi connectivity index (χ4n) is 5.53. The Balaban J connectivity index is 1.80. The molecule has 4 rings (SSSR count). The summed E-state index contributed by atoms with van der Waals surface area (Å²) in [5.74, 6) is 1.82. The summed E-state index contributed by atoms with van der Waals surface area (Å²) in [6.07, 6.45) is 5.87. The fourth-order valence-corrected chi connectivity index (χ4v) is 5.53. The Labute approximate surface area is 112 Å². The smallest absolute Gasteiger partial charge is 0.246 e. The predicted molar refractivity (Wildman–Crippen MR) is 68.6 cm³/mol. The van der Waals surface area contributed by atoms with Crippen LogP contribution in [0.2, 0.25) is 0 Å². The van der Waals surface area contributed by atoms with Gasteiger partial charge in [0.15, 0.2) is 11.9 Å². The van der Waals surface area contributed by atoms with Crippen LogP contribution in [0.5, 0.6) is 0 Å². The molecule has 0 aromatic rings. The van der Waals surface area contributed by atoms with E-state index in [1.165, 1.54) is 19.3 Å². The van der Waals surface area contributed by atoms with Crippen molar-refractivity contribution in [2.24, 2.45) is 40.3 Å². The molecule has 0 saturated heterocycles. The molecule has 3 N–H and O–H groups in total. The second-order valence-electron chi connectivity index (χ2n) is 6.60. The van der Waals surface area contributed by atoms with Crippen LogP contribution in [0.25, 0.3) is 0 Å². The van der Waals surface area contributed by atoms with E-state index in [0.29, 0.717) is 17.8 Å². The van der Waals surface area contributed by atoms with Crippen LogP contribution < -0.4 is 11.1 Å². The molecule has 1 heterocycles.